The second-order valence-electron chi connectivity index (χ2n) is 3.56. The molecule has 2 rings (SSSR count). The zero-order valence-electron chi connectivity index (χ0n) is 8.92. The molecule has 0 saturated carbocycles. The van der Waals surface area contributed by atoms with Gasteiger partial charge in [0.05, 0.1) is 4.92 Å². The Morgan fingerprint density at radius 2 is 1.84 bits per heavy atom. The van der Waals surface area contributed by atoms with E-state index in [1.807, 2.05) is 0 Å². The highest BCUT2D eigenvalue weighted by molar-refractivity contribution is 6.15. The maximum Gasteiger partial charge on any atom is 0.347 e. The number of aliphatic imine (C=N–C) groups is 1. The first-order chi connectivity index (χ1) is 8.82. The summed E-state index contributed by atoms with van der Waals surface area (Å²) < 4.78 is 26.5. The van der Waals surface area contributed by atoms with Crippen LogP contribution >= 0.6 is 0 Å². The lowest BCUT2D eigenvalue weighted by atomic mass is 10.00. The first-order valence-electron chi connectivity index (χ1n) is 4.74. The summed E-state index contributed by atoms with van der Waals surface area (Å²) in [5, 5.41) is 21.2. The van der Waals surface area contributed by atoms with Gasteiger partial charge in [0.2, 0.25) is 5.82 Å². The molecule has 0 spiro atoms. The van der Waals surface area contributed by atoms with Crippen LogP contribution < -0.4 is 0 Å². The molecule has 1 aromatic carbocycles. The molecule has 0 bridgehead atoms. The van der Waals surface area contributed by atoms with Crippen molar-refractivity contribution in [2.75, 3.05) is 0 Å². The molecule has 1 aromatic rings. The van der Waals surface area contributed by atoms with Gasteiger partial charge in [-0.2, -0.15) is 4.39 Å². The Morgan fingerprint density at radius 3 is 2.37 bits per heavy atom. The molecule has 0 unspecified atom stereocenters. The molecule has 1 heterocycles. The summed E-state index contributed by atoms with van der Waals surface area (Å²) in [5.74, 6) is -5.23. The highest BCUT2D eigenvalue weighted by Gasteiger charge is 2.39. The maximum absolute atomic E-state index is 13.3. The Labute approximate surface area is 102 Å². The van der Waals surface area contributed by atoms with E-state index in [4.69, 9.17) is 0 Å². The molecule has 0 aromatic heterocycles. The topological polar surface area (TPSA) is 116 Å². The van der Waals surface area contributed by atoms with Crippen molar-refractivity contribution < 1.29 is 23.4 Å². The molecule has 10 heteroatoms. The molecule has 0 saturated heterocycles. The molecule has 0 aliphatic carbocycles. The highest BCUT2D eigenvalue weighted by Crippen LogP contribution is 2.36. The molecule has 19 heavy (non-hydrogen) atoms. The summed E-state index contributed by atoms with van der Waals surface area (Å²) >= 11 is 0. The van der Waals surface area contributed by atoms with E-state index in [1.54, 1.807) is 0 Å². The first kappa shape index (κ1) is 12.7. The number of hydrogen-bond donors (Lipinski definition) is 0. The summed E-state index contributed by atoms with van der Waals surface area (Å²) in [7, 11) is 0. The smallest absolute Gasteiger partial charge is 0.347 e. The average Bonchev–Trinajstić information content (AvgIpc) is 2.30. The third-order valence-electron chi connectivity index (χ3n) is 2.41. The Morgan fingerprint density at radius 1 is 1.21 bits per heavy atom. The number of fused-ring (bicyclic) bond motifs is 1. The molecule has 0 atom stereocenters. The number of halogens is 2. The Kier molecular flexibility index (Phi) is 2.77. The fourth-order valence-electron chi connectivity index (χ4n) is 1.65. The second-order valence-corrected chi connectivity index (χ2v) is 3.56. The molecule has 98 valence electrons. The third kappa shape index (κ3) is 1.92. The van der Waals surface area contributed by atoms with E-state index >= 15 is 0 Å². The number of nitrogens with zero attached hydrogens (tertiary/aromatic N) is 3. The number of carbonyl (C=O) groups excluding carboxylic acids is 1. The van der Waals surface area contributed by atoms with Crippen LogP contribution in [0.1, 0.15) is 16.8 Å². The van der Waals surface area contributed by atoms with Gasteiger partial charge >= 0.3 is 11.5 Å². The fraction of sp³-hybridized carbons (Fsp3) is 0.111. The fourth-order valence-corrected chi connectivity index (χ4v) is 1.65. The summed E-state index contributed by atoms with van der Waals surface area (Å²) in [6.07, 6.45) is -0.814. The van der Waals surface area contributed by atoms with Crippen LogP contribution in [0.2, 0.25) is 0 Å². The molecule has 1 aliphatic rings. The molecule has 0 N–H and O–H groups in total. The minimum atomic E-state index is -1.79. The van der Waals surface area contributed by atoms with E-state index in [0.29, 0.717) is 6.07 Å². The SMILES string of the molecule is O=C1CC([N+](=O)[O-])=Nc2cc(F)c(F)c([N+](=O)[O-])c21. The van der Waals surface area contributed by atoms with E-state index in [2.05, 4.69) is 4.99 Å². The monoisotopic (exact) mass is 271 g/mol. The molecule has 0 fully saturated rings. The van der Waals surface area contributed by atoms with Gasteiger partial charge in [-0.05, 0) is 9.92 Å². The van der Waals surface area contributed by atoms with Crippen LogP contribution in [0.4, 0.5) is 20.2 Å². The number of hydrogen-bond acceptors (Lipinski definition) is 6. The predicted molar refractivity (Wildman–Crippen MR) is 56.0 cm³/mol. The summed E-state index contributed by atoms with van der Waals surface area (Å²) in [6, 6.07) is 0.415. The zero-order chi connectivity index (χ0) is 14.3. The Bertz CT molecular complexity index is 670. The summed E-state index contributed by atoms with van der Waals surface area (Å²) in [6.45, 7) is 0. The molecular formula is C9H3F2N3O5. The van der Waals surface area contributed by atoms with Crippen molar-refractivity contribution in [3.05, 3.63) is 43.5 Å². The van der Waals surface area contributed by atoms with Gasteiger partial charge in [-0.25, -0.2) is 4.39 Å². The normalized spacial score (nSPS) is 13.8. The van der Waals surface area contributed by atoms with Crippen LogP contribution in [0, 0.1) is 31.9 Å². The summed E-state index contributed by atoms with van der Waals surface area (Å²) in [5.41, 5.74) is -2.73. The molecule has 0 radical (unpaired) electrons. The third-order valence-corrected chi connectivity index (χ3v) is 2.41. The van der Waals surface area contributed by atoms with Gasteiger partial charge in [-0.15, -0.1) is 0 Å². The van der Waals surface area contributed by atoms with Crippen molar-refractivity contribution in [1.29, 1.82) is 0 Å². The molecule has 1 aliphatic heterocycles. The zero-order valence-corrected chi connectivity index (χ0v) is 8.92. The van der Waals surface area contributed by atoms with Gasteiger partial charge in [-0.1, -0.05) is 0 Å². The molecule has 8 nitrogen and oxygen atoms in total. The van der Waals surface area contributed by atoms with Crippen LogP contribution in [-0.4, -0.2) is 21.5 Å². The van der Waals surface area contributed by atoms with Crippen LogP contribution in [0.3, 0.4) is 0 Å². The van der Waals surface area contributed by atoms with Crippen molar-refractivity contribution >= 4 is 23.0 Å². The van der Waals surface area contributed by atoms with E-state index in [0.717, 1.165) is 0 Å². The lowest BCUT2D eigenvalue weighted by Gasteiger charge is -2.08. The van der Waals surface area contributed by atoms with Gasteiger partial charge in [0.25, 0.3) is 0 Å². The summed E-state index contributed by atoms with van der Waals surface area (Å²) in [4.78, 5) is 33.9. The maximum atomic E-state index is 13.3. The number of nitro benzene ring substituents is 1. The van der Waals surface area contributed by atoms with E-state index in [-0.39, 0.29) is 0 Å². The van der Waals surface area contributed by atoms with Crippen molar-refractivity contribution in [1.82, 2.24) is 0 Å². The van der Waals surface area contributed by atoms with Gasteiger partial charge in [0, 0.05) is 6.07 Å². The van der Waals surface area contributed by atoms with E-state index < -0.39 is 56.5 Å². The quantitative estimate of drug-likeness (QED) is 0.570. The number of nitro groups is 2. The van der Waals surface area contributed by atoms with Crippen molar-refractivity contribution in [2.45, 2.75) is 6.42 Å². The number of rotatable bonds is 1. The minimum absolute atomic E-state index is 0.415. The Balaban J connectivity index is 2.81. The van der Waals surface area contributed by atoms with Crippen LogP contribution in [-0.2, 0) is 0 Å². The van der Waals surface area contributed by atoms with Gasteiger partial charge in [-0.3, -0.25) is 14.9 Å². The Hall–Kier alpha value is -2.78. The van der Waals surface area contributed by atoms with Crippen molar-refractivity contribution in [3.8, 4) is 0 Å². The largest absolute Gasteiger partial charge is 0.358 e. The van der Waals surface area contributed by atoms with Crippen molar-refractivity contribution in [2.24, 2.45) is 4.99 Å². The molecule has 0 amide bonds. The van der Waals surface area contributed by atoms with E-state index in [1.165, 1.54) is 0 Å². The lowest BCUT2D eigenvalue weighted by Crippen LogP contribution is -2.22. The number of carbonyl (C=O) groups is 1. The van der Waals surface area contributed by atoms with Crippen LogP contribution in [0.5, 0.6) is 0 Å². The number of benzene rings is 1. The van der Waals surface area contributed by atoms with Crippen LogP contribution in [0.25, 0.3) is 0 Å². The second kappa shape index (κ2) is 4.15. The van der Waals surface area contributed by atoms with Crippen molar-refractivity contribution in [3.63, 3.8) is 0 Å². The van der Waals surface area contributed by atoms with Gasteiger partial charge in [0.1, 0.15) is 6.42 Å². The molecular weight excluding hydrogens is 268 g/mol. The lowest BCUT2D eigenvalue weighted by molar-refractivity contribution is -0.388. The first-order valence-corrected chi connectivity index (χ1v) is 4.74. The van der Waals surface area contributed by atoms with Gasteiger partial charge in [0.15, 0.2) is 22.9 Å². The predicted octanol–water partition coefficient (Wildman–Crippen LogP) is 1.77. The standard InChI is InChI=1S/C9H3F2N3O5/c10-3-1-4-7(9(8(3)11)14(18)19)5(15)2-6(12-4)13(16)17/h1H,2H2. The highest BCUT2D eigenvalue weighted by atomic mass is 19.2. The average molecular weight is 271 g/mol. The van der Waals surface area contributed by atoms with Gasteiger partial charge < -0.3 is 10.1 Å². The minimum Gasteiger partial charge on any atom is -0.358 e. The van der Waals surface area contributed by atoms with E-state index in [9.17, 15) is 33.8 Å². The number of amidine groups is 1. The number of Topliss-reactive ketones (excluding diaryl/α,β-unsaturated/α-hetero) is 1. The van der Waals surface area contributed by atoms with Crippen LogP contribution in [0.15, 0.2) is 11.1 Å². The number of ketones is 1.